The first-order chi connectivity index (χ1) is 8.11. The average molecular weight is 250 g/mol. The average Bonchev–Trinajstić information content (AvgIpc) is 2.67. The van der Waals surface area contributed by atoms with Gasteiger partial charge in [0, 0.05) is 16.9 Å². The molecule has 17 heavy (non-hydrogen) atoms. The van der Waals surface area contributed by atoms with E-state index in [9.17, 15) is 0 Å². The van der Waals surface area contributed by atoms with Gasteiger partial charge in [0.05, 0.1) is 13.7 Å². The maximum Gasteiger partial charge on any atom is 0.157 e. The summed E-state index contributed by atoms with van der Waals surface area (Å²) in [5.41, 5.74) is 1.16. The van der Waals surface area contributed by atoms with Crippen molar-refractivity contribution in [2.24, 2.45) is 4.99 Å². The Labute approximate surface area is 107 Å². The summed E-state index contributed by atoms with van der Waals surface area (Å²) in [7, 11) is 1.70. The molecule has 0 atom stereocenters. The highest BCUT2D eigenvalue weighted by Crippen LogP contribution is 2.31. The number of hydrogen-bond donors (Lipinski definition) is 1. The van der Waals surface area contributed by atoms with Gasteiger partial charge < -0.3 is 10.1 Å². The van der Waals surface area contributed by atoms with Gasteiger partial charge in [0.15, 0.2) is 5.17 Å². The lowest BCUT2D eigenvalue weighted by molar-refractivity contribution is 0.409. The van der Waals surface area contributed by atoms with Crippen LogP contribution >= 0.6 is 11.8 Å². The van der Waals surface area contributed by atoms with Gasteiger partial charge in [-0.25, -0.2) is 0 Å². The van der Waals surface area contributed by atoms with Gasteiger partial charge in [-0.3, -0.25) is 4.99 Å². The van der Waals surface area contributed by atoms with Crippen LogP contribution in [0.25, 0.3) is 0 Å². The summed E-state index contributed by atoms with van der Waals surface area (Å²) in [6, 6.07) is 8.04. The predicted molar refractivity (Wildman–Crippen MR) is 73.8 cm³/mol. The monoisotopic (exact) mass is 250 g/mol. The van der Waals surface area contributed by atoms with Crippen molar-refractivity contribution in [3.8, 4) is 5.75 Å². The Hall–Kier alpha value is -1.16. The second kappa shape index (κ2) is 5.00. The van der Waals surface area contributed by atoms with Crippen LogP contribution in [0.4, 0.5) is 0 Å². The van der Waals surface area contributed by atoms with Crippen LogP contribution in [0.3, 0.4) is 0 Å². The van der Waals surface area contributed by atoms with Crippen LogP contribution in [0.1, 0.15) is 19.4 Å². The third-order valence-electron chi connectivity index (χ3n) is 2.60. The molecule has 1 heterocycles. The summed E-state index contributed by atoms with van der Waals surface area (Å²) in [5, 5.41) is 4.39. The molecular weight excluding hydrogens is 232 g/mol. The van der Waals surface area contributed by atoms with Crippen molar-refractivity contribution >= 4 is 16.9 Å². The zero-order valence-electron chi connectivity index (χ0n) is 10.5. The zero-order valence-corrected chi connectivity index (χ0v) is 11.3. The highest BCUT2D eigenvalue weighted by Gasteiger charge is 2.26. The summed E-state index contributed by atoms with van der Waals surface area (Å²) in [4.78, 5) is 4.49. The molecule has 92 valence electrons. The number of methoxy groups -OCH3 is 1. The molecule has 0 fully saturated rings. The van der Waals surface area contributed by atoms with Gasteiger partial charge in [0.25, 0.3) is 0 Å². The maximum absolute atomic E-state index is 5.31. The molecule has 0 bridgehead atoms. The fourth-order valence-corrected chi connectivity index (χ4v) is 2.63. The molecule has 3 nitrogen and oxygen atoms in total. The molecule has 1 aromatic rings. The Morgan fingerprint density at radius 2 is 2.18 bits per heavy atom. The molecule has 1 N–H and O–H groups in total. The third-order valence-corrected chi connectivity index (χ3v) is 3.75. The number of ether oxygens (including phenoxy) is 1. The molecule has 0 radical (unpaired) electrons. The fraction of sp³-hybridized carbons (Fsp3) is 0.462. The summed E-state index contributed by atoms with van der Waals surface area (Å²) < 4.78 is 5.54. The van der Waals surface area contributed by atoms with Crippen molar-refractivity contribution in [1.82, 2.24) is 5.32 Å². The van der Waals surface area contributed by atoms with E-state index in [1.807, 2.05) is 18.2 Å². The number of benzene rings is 1. The molecule has 0 saturated carbocycles. The highest BCUT2D eigenvalue weighted by atomic mass is 32.2. The molecular formula is C13H18N2OS. The zero-order chi connectivity index (χ0) is 12.3. The van der Waals surface area contributed by atoms with Gasteiger partial charge in [-0.05, 0) is 19.9 Å². The quantitative estimate of drug-likeness (QED) is 0.895. The molecule has 0 spiro atoms. The van der Waals surface area contributed by atoms with E-state index in [4.69, 9.17) is 4.74 Å². The van der Waals surface area contributed by atoms with Crippen LogP contribution in [0.5, 0.6) is 5.75 Å². The predicted octanol–water partition coefficient (Wildman–Crippen LogP) is 2.67. The normalized spacial score (nSPS) is 17.7. The number of nitrogens with one attached hydrogen (secondary N) is 1. The largest absolute Gasteiger partial charge is 0.496 e. The van der Waals surface area contributed by atoms with Crippen LogP contribution in [-0.2, 0) is 6.54 Å². The van der Waals surface area contributed by atoms with Crippen LogP contribution < -0.4 is 10.1 Å². The highest BCUT2D eigenvalue weighted by molar-refractivity contribution is 8.15. The lowest BCUT2D eigenvalue weighted by Gasteiger charge is -2.14. The van der Waals surface area contributed by atoms with Gasteiger partial charge in [0.2, 0.25) is 0 Å². The van der Waals surface area contributed by atoms with E-state index in [0.717, 1.165) is 29.6 Å². The molecule has 0 amide bonds. The van der Waals surface area contributed by atoms with Crippen LogP contribution in [0.2, 0.25) is 0 Å². The smallest absolute Gasteiger partial charge is 0.157 e. The minimum Gasteiger partial charge on any atom is -0.496 e. The third kappa shape index (κ3) is 3.16. The van der Waals surface area contributed by atoms with Gasteiger partial charge >= 0.3 is 0 Å². The van der Waals surface area contributed by atoms with Gasteiger partial charge in [0.1, 0.15) is 5.75 Å². The van der Waals surface area contributed by atoms with E-state index >= 15 is 0 Å². The number of hydrogen-bond acceptors (Lipinski definition) is 4. The maximum atomic E-state index is 5.31. The molecule has 1 aliphatic heterocycles. The van der Waals surface area contributed by atoms with Crippen molar-refractivity contribution in [1.29, 1.82) is 0 Å². The fourth-order valence-electron chi connectivity index (χ4n) is 1.70. The summed E-state index contributed by atoms with van der Waals surface area (Å²) in [6.45, 7) is 6.05. The molecule has 2 rings (SSSR count). The van der Waals surface area contributed by atoms with Crippen LogP contribution in [0, 0.1) is 0 Å². The van der Waals surface area contributed by atoms with Crippen LogP contribution in [-0.4, -0.2) is 23.6 Å². The van der Waals surface area contributed by atoms with Crippen molar-refractivity contribution in [2.45, 2.75) is 25.1 Å². The van der Waals surface area contributed by atoms with Crippen molar-refractivity contribution < 1.29 is 4.74 Å². The van der Waals surface area contributed by atoms with Crippen molar-refractivity contribution in [2.75, 3.05) is 13.7 Å². The number of rotatable bonds is 3. The summed E-state index contributed by atoms with van der Waals surface area (Å²) in [5.74, 6) is 0.919. The molecule has 1 aromatic carbocycles. The van der Waals surface area contributed by atoms with E-state index in [1.165, 1.54) is 0 Å². The Balaban J connectivity index is 1.95. The van der Waals surface area contributed by atoms with E-state index in [2.05, 4.69) is 30.2 Å². The lowest BCUT2D eigenvalue weighted by Crippen LogP contribution is -2.21. The first-order valence-corrected chi connectivity index (χ1v) is 6.51. The molecule has 0 unspecified atom stereocenters. The summed E-state index contributed by atoms with van der Waals surface area (Å²) >= 11 is 1.80. The second-order valence-electron chi connectivity index (χ2n) is 4.65. The Morgan fingerprint density at radius 1 is 1.41 bits per heavy atom. The van der Waals surface area contributed by atoms with E-state index in [0.29, 0.717) is 0 Å². The lowest BCUT2D eigenvalue weighted by atomic mass is 10.2. The number of para-hydroxylation sites is 1. The van der Waals surface area contributed by atoms with Gasteiger partial charge in [-0.2, -0.15) is 0 Å². The van der Waals surface area contributed by atoms with Gasteiger partial charge in [-0.15, -0.1) is 0 Å². The molecule has 0 saturated heterocycles. The molecule has 0 aromatic heterocycles. The number of thioether (sulfide) groups is 1. The molecule has 0 aliphatic carbocycles. The van der Waals surface area contributed by atoms with Gasteiger partial charge in [-0.1, -0.05) is 30.0 Å². The number of nitrogens with zero attached hydrogens (tertiary/aromatic N) is 1. The Morgan fingerprint density at radius 3 is 2.82 bits per heavy atom. The standard InChI is InChI=1S/C13H18N2OS/c1-13(2)9-15-12(17-13)14-8-10-6-4-5-7-11(10)16-3/h4-7H,8-9H2,1-3H3,(H,14,15). The minimum absolute atomic E-state index is 0.225. The van der Waals surface area contributed by atoms with E-state index < -0.39 is 0 Å². The molecule has 1 aliphatic rings. The SMILES string of the molecule is COc1ccccc1CNC1=NCC(C)(C)S1. The second-order valence-corrected chi connectivity index (χ2v) is 6.34. The number of amidine groups is 1. The number of aliphatic imine (C=N–C) groups is 1. The van der Waals surface area contributed by atoms with E-state index in [-0.39, 0.29) is 4.75 Å². The van der Waals surface area contributed by atoms with E-state index in [1.54, 1.807) is 18.9 Å². The molecule has 4 heteroatoms. The summed E-state index contributed by atoms with van der Waals surface area (Å²) in [6.07, 6.45) is 0. The Kier molecular flexibility index (Phi) is 3.62. The van der Waals surface area contributed by atoms with Crippen molar-refractivity contribution in [3.63, 3.8) is 0 Å². The first kappa shape index (κ1) is 12.3. The van der Waals surface area contributed by atoms with Crippen molar-refractivity contribution in [3.05, 3.63) is 29.8 Å². The topological polar surface area (TPSA) is 33.6 Å². The van der Waals surface area contributed by atoms with Crippen LogP contribution in [0.15, 0.2) is 29.3 Å². The first-order valence-electron chi connectivity index (χ1n) is 5.70. The Bertz CT molecular complexity index is 429. The minimum atomic E-state index is 0.225.